The van der Waals surface area contributed by atoms with Crippen LogP contribution < -0.4 is 5.32 Å². The molecule has 0 aliphatic heterocycles. The summed E-state index contributed by atoms with van der Waals surface area (Å²) in [7, 11) is 0. The number of benzene rings is 3. The molecule has 0 heterocycles. The van der Waals surface area contributed by atoms with Gasteiger partial charge in [0.25, 0.3) is 5.91 Å². The highest BCUT2D eigenvalue weighted by Crippen LogP contribution is 2.31. The Labute approximate surface area is 209 Å². The second-order valence-electron chi connectivity index (χ2n) is 9.61. The molecule has 0 radical (unpaired) electrons. The predicted molar refractivity (Wildman–Crippen MR) is 141 cm³/mol. The zero-order valence-corrected chi connectivity index (χ0v) is 20.4. The molecule has 0 bridgehead atoms. The Balaban J connectivity index is 1.52. The summed E-state index contributed by atoms with van der Waals surface area (Å²) in [5.74, 6) is 1.38. The van der Waals surface area contributed by atoms with Gasteiger partial charge in [-0.1, -0.05) is 78.9 Å². The van der Waals surface area contributed by atoms with E-state index in [2.05, 4.69) is 63.9 Å². The zero-order chi connectivity index (χ0) is 24.3. The first-order chi connectivity index (χ1) is 17.2. The lowest BCUT2D eigenvalue weighted by Gasteiger charge is -2.35. The van der Waals surface area contributed by atoms with E-state index < -0.39 is 0 Å². The molecule has 1 saturated carbocycles. The minimum atomic E-state index is 0.114. The van der Waals surface area contributed by atoms with Crippen LogP contribution in [0, 0.1) is 17.4 Å². The van der Waals surface area contributed by atoms with E-state index in [-0.39, 0.29) is 11.8 Å². The molecular formula is C30H36N4O. The molecule has 0 saturated heterocycles. The Morgan fingerprint density at radius 2 is 1.34 bits per heavy atom. The molecule has 0 spiro atoms. The number of hydrogen-bond donors (Lipinski definition) is 2. The van der Waals surface area contributed by atoms with Gasteiger partial charge in [-0.3, -0.25) is 10.1 Å². The van der Waals surface area contributed by atoms with E-state index in [1.54, 1.807) is 0 Å². The van der Waals surface area contributed by atoms with E-state index in [1.165, 1.54) is 11.1 Å². The molecule has 1 amide bonds. The average molecular weight is 469 g/mol. The van der Waals surface area contributed by atoms with Gasteiger partial charge in [-0.25, -0.2) is 5.53 Å². The summed E-state index contributed by atoms with van der Waals surface area (Å²) in [6, 6.07) is 30.8. The fraction of sp³-hybridized carbons (Fsp3) is 0.367. The lowest BCUT2D eigenvalue weighted by atomic mass is 9.81. The van der Waals surface area contributed by atoms with E-state index >= 15 is 0 Å². The third-order valence-electron chi connectivity index (χ3n) is 7.18. The van der Waals surface area contributed by atoms with Crippen LogP contribution >= 0.6 is 0 Å². The van der Waals surface area contributed by atoms with Crippen molar-refractivity contribution >= 4 is 5.91 Å². The Bertz CT molecular complexity index is 994. The summed E-state index contributed by atoms with van der Waals surface area (Å²) in [4.78, 5) is 15.8. The lowest BCUT2D eigenvalue weighted by molar-refractivity contribution is 0.0699. The number of amides is 1. The fourth-order valence-corrected chi connectivity index (χ4v) is 5.25. The average Bonchev–Trinajstić information content (AvgIpc) is 2.93. The molecule has 0 aromatic heterocycles. The largest absolute Gasteiger partial charge is 0.337 e. The molecule has 4 rings (SSSR count). The van der Waals surface area contributed by atoms with Gasteiger partial charge in [-0.15, -0.1) is 0 Å². The minimum Gasteiger partial charge on any atom is -0.337 e. The smallest absolute Gasteiger partial charge is 0.253 e. The highest BCUT2D eigenvalue weighted by molar-refractivity contribution is 5.94. The summed E-state index contributed by atoms with van der Waals surface area (Å²) in [5, 5.41) is 6.64. The Hall–Kier alpha value is -3.31. The molecule has 35 heavy (non-hydrogen) atoms. The van der Waals surface area contributed by atoms with Crippen LogP contribution in [-0.2, 0) is 0 Å². The van der Waals surface area contributed by atoms with Crippen LogP contribution in [0.4, 0.5) is 0 Å². The van der Waals surface area contributed by atoms with Crippen molar-refractivity contribution in [3.8, 4) is 0 Å². The van der Waals surface area contributed by atoms with Crippen LogP contribution in [0.15, 0.2) is 96.1 Å². The standard InChI is InChI=1S/C30H36N4O/c31-33-23-32-20-24-16-18-25(19-17-24)21-34(30(35)28-14-8-3-9-15-28)22-29(26-10-4-1-5-11-26)27-12-6-2-7-13-27/h1-15,24-25,29,31-32H,16-23H2. The van der Waals surface area contributed by atoms with Crippen molar-refractivity contribution < 1.29 is 4.79 Å². The molecule has 182 valence electrons. The van der Waals surface area contributed by atoms with E-state index in [0.717, 1.165) is 44.3 Å². The van der Waals surface area contributed by atoms with Gasteiger partial charge < -0.3 is 4.90 Å². The van der Waals surface area contributed by atoms with Gasteiger partial charge in [0, 0.05) is 24.6 Å². The maximum atomic E-state index is 13.7. The fourth-order valence-electron chi connectivity index (χ4n) is 5.25. The second kappa shape index (κ2) is 13.0. The SMILES string of the molecule is N=NCNCC1CCC(CN(CC(c2ccccc2)c2ccccc2)C(=O)c2ccccc2)CC1. The normalized spacial score (nSPS) is 17.7. The number of nitrogens with zero attached hydrogens (tertiary/aromatic N) is 2. The van der Waals surface area contributed by atoms with E-state index in [1.807, 2.05) is 42.5 Å². The summed E-state index contributed by atoms with van der Waals surface area (Å²) >= 11 is 0. The van der Waals surface area contributed by atoms with E-state index in [0.29, 0.717) is 25.0 Å². The summed E-state index contributed by atoms with van der Waals surface area (Å²) in [5.41, 5.74) is 10.2. The molecule has 2 N–H and O–H groups in total. The quantitative estimate of drug-likeness (QED) is 0.254. The molecule has 3 aromatic carbocycles. The molecule has 1 aliphatic carbocycles. The Morgan fingerprint density at radius 1 is 0.829 bits per heavy atom. The lowest BCUT2D eigenvalue weighted by Crippen LogP contribution is -2.40. The maximum absolute atomic E-state index is 13.7. The number of hydrogen-bond acceptors (Lipinski definition) is 4. The third-order valence-corrected chi connectivity index (χ3v) is 7.18. The monoisotopic (exact) mass is 468 g/mol. The van der Waals surface area contributed by atoms with Gasteiger partial charge in [-0.05, 0) is 67.3 Å². The van der Waals surface area contributed by atoms with Crippen molar-refractivity contribution in [2.45, 2.75) is 31.6 Å². The molecule has 1 fully saturated rings. The van der Waals surface area contributed by atoms with Gasteiger partial charge >= 0.3 is 0 Å². The summed E-state index contributed by atoms with van der Waals surface area (Å²) in [6.07, 6.45) is 4.57. The zero-order valence-electron chi connectivity index (χ0n) is 20.4. The number of carbonyl (C=O) groups is 1. The molecule has 0 unspecified atom stereocenters. The maximum Gasteiger partial charge on any atom is 0.253 e. The molecule has 0 atom stereocenters. The second-order valence-corrected chi connectivity index (χ2v) is 9.61. The number of nitrogens with one attached hydrogen (secondary N) is 2. The van der Waals surface area contributed by atoms with Crippen molar-refractivity contribution in [2.75, 3.05) is 26.3 Å². The first kappa shape index (κ1) is 24.8. The van der Waals surface area contributed by atoms with Gasteiger partial charge in [0.15, 0.2) is 0 Å². The Morgan fingerprint density at radius 3 is 1.89 bits per heavy atom. The molecule has 5 heteroatoms. The van der Waals surface area contributed by atoms with Crippen molar-refractivity contribution in [2.24, 2.45) is 17.0 Å². The molecule has 1 aliphatic rings. The van der Waals surface area contributed by atoms with Crippen LogP contribution in [0.25, 0.3) is 0 Å². The van der Waals surface area contributed by atoms with Gasteiger partial charge in [-0.2, -0.15) is 5.11 Å². The van der Waals surface area contributed by atoms with Crippen molar-refractivity contribution in [3.05, 3.63) is 108 Å². The van der Waals surface area contributed by atoms with Crippen LogP contribution in [-0.4, -0.2) is 37.1 Å². The summed E-state index contributed by atoms with van der Waals surface area (Å²) in [6.45, 7) is 2.77. The highest BCUT2D eigenvalue weighted by Gasteiger charge is 2.28. The number of carbonyl (C=O) groups excluding carboxylic acids is 1. The van der Waals surface area contributed by atoms with Crippen LogP contribution in [0.2, 0.25) is 0 Å². The van der Waals surface area contributed by atoms with Crippen molar-refractivity contribution in [1.29, 1.82) is 5.53 Å². The first-order valence-corrected chi connectivity index (χ1v) is 12.7. The topological polar surface area (TPSA) is 68.6 Å². The molecule has 5 nitrogen and oxygen atoms in total. The number of rotatable bonds is 11. The first-order valence-electron chi connectivity index (χ1n) is 12.7. The third kappa shape index (κ3) is 7.09. The highest BCUT2D eigenvalue weighted by atomic mass is 16.2. The molecule has 3 aromatic rings. The minimum absolute atomic E-state index is 0.114. The van der Waals surface area contributed by atoms with Gasteiger partial charge in [0.1, 0.15) is 6.67 Å². The predicted octanol–water partition coefficient (Wildman–Crippen LogP) is 6.35. The van der Waals surface area contributed by atoms with Crippen molar-refractivity contribution in [1.82, 2.24) is 10.2 Å². The van der Waals surface area contributed by atoms with Crippen molar-refractivity contribution in [3.63, 3.8) is 0 Å². The van der Waals surface area contributed by atoms with Crippen LogP contribution in [0.5, 0.6) is 0 Å². The van der Waals surface area contributed by atoms with E-state index in [9.17, 15) is 4.79 Å². The van der Waals surface area contributed by atoms with Crippen LogP contribution in [0.3, 0.4) is 0 Å². The molecular weight excluding hydrogens is 432 g/mol. The van der Waals surface area contributed by atoms with Gasteiger partial charge in [0.05, 0.1) is 0 Å². The van der Waals surface area contributed by atoms with Gasteiger partial charge in [0.2, 0.25) is 0 Å². The summed E-state index contributed by atoms with van der Waals surface area (Å²) < 4.78 is 0. The van der Waals surface area contributed by atoms with E-state index in [4.69, 9.17) is 5.53 Å². The van der Waals surface area contributed by atoms with Crippen LogP contribution in [0.1, 0.15) is 53.1 Å². The Kier molecular flexibility index (Phi) is 9.18.